The van der Waals surface area contributed by atoms with Gasteiger partial charge in [-0.05, 0) is 37.5 Å². The Morgan fingerprint density at radius 1 is 1.47 bits per heavy atom. The molecule has 4 heteroatoms. The van der Waals surface area contributed by atoms with Crippen LogP contribution in [0.1, 0.15) is 51.3 Å². The Balaban J connectivity index is 1.71. The molecule has 0 aliphatic heterocycles. The molecule has 108 valence electrons. The molecule has 1 heterocycles. The Morgan fingerprint density at radius 2 is 2.26 bits per heavy atom. The van der Waals surface area contributed by atoms with Crippen molar-refractivity contribution in [1.82, 2.24) is 9.55 Å². The zero-order chi connectivity index (χ0) is 13.7. The van der Waals surface area contributed by atoms with Crippen LogP contribution in [0, 0.1) is 11.8 Å². The zero-order valence-electron chi connectivity index (χ0n) is 12.2. The monoisotopic (exact) mass is 265 g/mol. The minimum atomic E-state index is 0.0925. The Bertz CT molecular complexity index is 371. The highest BCUT2D eigenvalue weighted by Gasteiger charge is 2.20. The van der Waals surface area contributed by atoms with E-state index in [2.05, 4.69) is 23.4 Å². The quantitative estimate of drug-likeness (QED) is 0.698. The molecule has 0 saturated heterocycles. The summed E-state index contributed by atoms with van der Waals surface area (Å²) in [5.41, 5.74) is 7.38. The molecule has 2 N–H and O–H groups in total. The molecule has 2 rings (SSSR count). The van der Waals surface area contributed by atoms with Gasteiger partial charge in [0.2, 0.25) is 0 Å². The third kappa shape index (κ3) is 4.96. The average molecular weight is 265 g/mol. The van der Waals surface area contributed by atoms with Gasteiger partial charge in [0.25, 0.3) is 0 Å². The lowest BCUT2D eigenvalue weighted by Gasteiger charge is -2.16. The fourth-order valence-electron chi connectivity index (χ4n) is 2.33. The second-order valence-electron chi connectivity index (χ2n) is 6.12. The van der Waals surface area contributed by atoms with Gasteiger partial charge < -0.3 is 15.0 Å². The summed E-state index contributed by atoms with van der Waals surface area (Å²) < 4.78 is 7.83. The Labute approximate surface area is 116 Å². The molecule has 1 saturated carbocycles. The van der Waals surface area contributed by atoms with Crippen molar-refractivity contribution in [2.75, 3.05) is 13.2 Å². The molecule has 0 aromatic carbocycles. The van der Waals surface area contributed by atoms with Crippen LogP contribution in [0.15, 0.2) is 12.5 Å². The second-order valence-corrected chi connectivity index (χ2v) is 6.12. The van der Waals surface area contributed by atoms with E-state index in [0.717, 1.165) is 44.2 Å². The number of imidazole rings is 1. The molecule has 1 aliphatic rings. The molecule has 0 spiro atoms. The molecule has 1 aromatic heterocycles. The highest BCUT2D eigenvalue weighted by atomic mass is 16.5. The average Bonchev–Trinajstić information content (AvgIpc) is 3.04. The molecule has 4 nitrogen and oxygen atoms in total. The Kier molecular flexibility index (Phi) is 5.40. The van der Waals surface area contributed by atoms with Crippen molar-refractivity contribution in [3.8, 4) is 0 Å². The van der Waals surface area contributed by atoms with Crippen molar-refractivity contribution in [3.63, 3.8) is 0 Å². The van der Waals surface area contributed by atoms with Gasteiger partial charge in [0.1, 0.15) is 0 Å². The summed E-state index contributed by atoms with van der Waals surface area (Å²) in [7, 11) is 0. The van der Waals surface area contributed by atoms with Gasteiger partial charge in [-0.2, -0.15) is 0 Å². The van der Waals surface area contributed by atoms with Crippen LogP contribution >= 0.6 is 0 Å². The molecule has 1 unspecified atom stereocenters. The van der Waals surface area contributed by atoms with Gasteiger partial charge in [0.15, 0.2) is 0 Å². The summed E-state index contributed by atoms with van der Waals surface area (Å²) in [6.07, 6.45) is 8.54. The molecule has 1 atom stereocenters. The third-order valence-corrected chi connectivity index (χ3v) is 3.59. The van der Waals surface area contributed by atoms with Crippen LogP contribution in [0.25, 0.3) is 0 Å². The van der Waals surface area contributed by atoms with Crippen molar-refractivity contribution in [2.45, 2.75) is 52.1 Å². The van der Waals surface area contributed by atoms with Crippen molar-refractivity contribution in [3.05, 3.63) is 18.2 Å². The summed E-state index contributed by atoms with van der Waals surface area (Å²) in [5, 5.41) is 0. The number of aromatic nitrogens is 2. The largest absolute Gasteiger partial charge is 0.381 e. The standard InChI is InChI=1S/C15H27N3O/c1-12(2)8-14(16)15-9-17-11-18(15)6-3-7-19-10-13-4-5-13/h9,11-14H,3-8,10,16H2,1-2H3. The fraction of sp³-hybridized carbons (Fsp3) is 0.800. The van der Waals surface area contributed by atoms with Gasteiger partial charge in [-0.25, -0.2) is 4.98 Å². The number of hydrogen-bond acceptors (Lipinski definition) is 3. The van der Waals surface area contributed by atoms with E-state index in [1.165, 1.54) is 12.8 Å². The molecule has 1 aliphatic carbocycles. The topological polar surface area (TPSA) is 53.1 Å². The van der Waals surface area contributed by atoms with Crippen LogP contribution < -0.4 is 5.73 Å². The van der Waals surface area contributed by atoms with Crippen LogP contribution in [-0.2, 0) is 11.3 Å². The van der Waals surface area contributed by atoms with Gasteiger partial charge in [0, 0.05) is 32.0 Å². The summed E-state index contributed by atoms with van der Waals surface area (Å²) in [4.78, 5) is 4.23. The van der Waals surface area contributed by atoms with Crippen LogP contribution in [0.2, 0.25) is 0 Å². The lowest BCUT2D eigenvalue weighted by atomic mass is 10.0. The van der Waals surface area contributed by atoms with E-state index in [9.17, 15) is 0 Å². The molecule has 0 amide bonds. The van der Waals surface area contributed by atoms with Crippen molar-refractivity contribution >= 4 is 0 Å². The van der Waals surface area contributed by atoms with Gasteiger partial charge in [0.05, 0.1) is 12.0 Å². The minimum absolute atomic E-state index is 0.0925. The minimum Gasteiger partial charge on any atom is -0.381 e. The Morgan fingerprint density at radius 3 is 2.95 bits per heavy atom. The van der Waals surface area contributed by atoms with Crippen LogP contribution in [0.3, 0.4) is 0 Å². The van der Waals surface area contributed by atoms with Gasteiger partial charge >= 0.3 is 0 Å². The number of nitrogens with two attached hydrogens (primary N) is 1. The molecular weight excluding hydrogens is 238 g/mol. The maximum atomic E-state index is 6.23. The lowest BCUT2D eigenvalue weighted by molar-refractivity contribution is 0.119. The number of rotatable bonds is 9. The van der Waals surface area contributed by atoms with E-state index >= 15 is 0 Å². The predicted octanol–water partition coefficient (Wildman–Crippen LogP) is 2.75. The SMILES string of the molecule is CC(C)CC(N)c1cncn1CCCOCC1CC1. The van der Waals surface area contributed by atoms with E-state index in [-0.39, 0.29) is 6.04 Å². The molecule has 1 fully saturated rings. The van der Waals surface area contributed by atoms with E-state index in [1.807, 2.05) is 12.5 Å². The number of nitrogens with zero attached hydrogens (tertiary/aromatic N) is 2. The zero-order valence-corrected chi connectivity index (χ0v) is 12.2. The molecule has 19 heavy (non-hydrogen) atoms. The van der Waals surface area contributed by atoms with E-state index in [0.29, 0.717) is 5.92 Å². The lowest BCUT2D eigenvalue weighted by Crippen LogP contribution is -2.17. The van der Waals surface area contributed by atoms with Crippen LogP contribution in [0.5, 0.6) is 0 Å². The first-order chi connectivity index (χ1) is 9.16. The Hall–Kier alpha value is -0.870. The van der Waals surface area contributed by atoms with E-state index in [4.69, 9.17) is 10.5 Å². The maximum absolute atomic E-state index is 6.23. The van der Waals surface area contributed by atoms with Crippen LogP contribution in [0.4, 0.5) is 0 Å². The molecular formula is C15H27N3O. The fourth-order valence-corrected chi connectivity index (χ4v) is 2.33. The summed E-state index contributed by atoms with van der Waals surface area (Å²) in [6.45, 7) is 7.14. The normalized spacial score (nSPS) is 17.1. The summed E-state index contributed by atoms with van der Waals surface area (Å²) in [5.74, 6) is 1.46. The first-order valence-corrected chi connectivity index (χ1v) is 7.50. The highest BCUT2D eigenvalue weighted by molar-refractivity contribution is 5.04. The number of hydrogen-bond donors (Lipinski definition) is 1. The van der Waals surface area contributed by atoms with Gasteiger partial charge in [-0.15, -0.1) is 0 Å². The number of aryl methyl sites for hydroxylation is 1. The van der Waals surface area contributed by atoms with E-state index in [1.54, 1.807) is 0 Å². The van der Waals surface area contributed by atoms with Crippen LogP contribution in [-0.4, -0.2) is 22.8 Å². The second kappa shape index (κ2) is 7.06. The summed E-state index contributed by atoms with van der Waals surface area (Å²) in [6, 6.07) is 0.0925. The molecule has 0 radical (unpaired) electrons. The molecule has 1 aromatic rings. The first-order valence-electron chi connectivity index (χ1n) is 7.50. The van der Waals surface area contributed by atoms with Crippen molar-refractivity contribution in [2.24, 2.45) is 17.6 Å². The number of ether oxygens (including phenoxy) is 1. The summed E-state index contributed by atoms with van der Waals surface area (Å²) >= 11 is 0. The van der Waals surface area contributed by atoms with Crippen molar-refractivity contribution in [1.29, 1.82) is 0 Å². The smallest absolute Gasteiger partial charge is 0.0948 e. The van der Waals surface area contributed by atoms with Crippen molar-refractivity contribution < 1.29 is 4.74 Å². The first kappa shape index (κ1) is 14.5. The molecule has 0 bridgehead atoms. The third-order valence-electron chi connectivity index (χ3n) is 3.59. The maximum Gasteiger partial charge on any atom is 0.0948 e. The highest BCUT2D eigenvalue weighted by Crippen LogP contribution is 2.28. The van der Waals surface area contributed by atoms with Gasteiger partial charge in [-0.3, -0.25) is 0 Å². The van der Waals surface area contributed by atoms with E-state index < -0.39 is 0 Å². The van der Waals surface area contributed by atoms with Gasteiger partial charge in [-0.1, -0.05) is 13.8 Å². The predicted molar refractivity (Wildman–Crippen MR) is 76.8 cm³/mol.